The molecule has 0 aromatic heterocycles. The van der Waals surface area contributed by atoms with Crippen LogP contribution in [0.4, 0.5) is 0 Å². The molecule has 0 saturated heterocycles. The van der Waals surface area contributed by atoms with Crippen molar-refractivity contribution in [2.45, 2.75) is 27.7 Å². The van der Waals surface area contributed by atoms with E-state index in [0.29, 0.717) is 0 Å². The molecule has 0 heterocycles. The molecule has 2 heteroatoms. The van der Waals surface area contributed by atoms with Gasteiger partial charge < -0.3 is 29.7 Å². The summed E-state index contributed by atoms with van der Waals surface area (Å²) in [6.07, 6.45) is 1.16. The maximum atomic E-state index is 2.16. The second kappa shape index (κ2) is 34.9. The zero-order valence-electron chi connectivity index (χ0n) is 18.8. The molecule has 4 rings (SSSR count). The molecule has 0 aliphatic carbocycles. The Morgan fingerprint density at radius 1 is 0.600 bits per heavy atom. The van der Waals surface area contributed by atoms with Crippen molar-refractivity contribution < 1.29 is 34.1 Å². The van der Waals surface area contributed by atoms with Crippen LogP contribution in [0.1, 0.15) is 25.5 Å². The SMILES string of the molecule is C.CCc1ccc[cH-]1.Cc1ccc[cH-]1.[CH3-].[CH3-].[CH3-].[CH3-].[Fe+4].[Fe+4].c1cc[cH-]c1.c1cc[cH-]c1. The first kappa shape index (κ1) is 46.6. The molecule has 4 aromatic rings. The minimum Gasteiger partial charge on any atom is -0.358 e. The zero-order valence-corrected chi connectivity index (χ0v) is 21.0. The van der Waals surface area contributed by atoms with Gasteiger partial charge in [0.15, 0.2) is 0 Å². The van der Waals surface area contributed by atoms with Crippen LogP contribution in [0.3, 0.4) is 0 Å². The topological polar surface area (TPSA) is 0 Å². The van der Waals surface area contributed by atoms with Crippen LogP contribution < -0.4 is 0 Å². The summed E-state index contributed by atoms with van der Waals surface area (Å²) in [4.78, 5) is 0. The van der Waals surface area contributed by atoms with E-state index in [4.69, 9.17) is 0 Å². The van der Waals surface area contributed by atoms with Crippen molar-refractivity contribution in [3.63, 3.8) is 0 Å². The fraction of sp³-hybridized carbons (Fsp3) is 0.143. The number of hydrogen-bond donors (Lipinski definition) is 0. The summed E-state index contributed by atoms with van der Waals surface area (Å²) in [5.41, 5.74) is 2.77. The fourth-order valence-corrected chi connectivity index (χ4v) is 1.76. The standard InChI is InChI=1S/C7H9.C6H7.2C5H5.CH4.4CH3.2Fe/c1-2-7-5-3-4-6-7;1-6-4-2-3-5-6;2*1-2-4-5-3-1;;;;;;;/h3-6H,2H2,1H3;2-5H,1H3;2*1-5H;1H4;4*1H3;;/q4*-1;;4*-1;2*+4. The normalized spacial score (nSPS) is 6.60. The van der Waals surface area contributed by atoms with E-state index in [1.807, 2.05) is 72.8 Å². The molecule has 0 fully saturated rings. The maximum absolute atomic E-state index is 2.16. The third-order valence-corrected chi connectivity index (χ3v) is 3.08. The van der Waals surface area contributed by atoms with Crippen molar-refractivity contribution in [2.75, 3.05) is 0 Å². The summed E-state index contributed by atoms with van der Waals surface area (Å²) >= 11 is 0. The minimum absolute atomic E-state index is 0. The molecule has 0 spiro atoms. The Hall–Kier alpha value is -1.56. The number of aryl methyl sites for hydroxylation is 2. The molecule has 170 valence electrons. The van der Waals surface area contributed by atoms with E-state index in [-0.39, 0.29) is 71.3 Å². The van der Waals surface area contributed by atoms with E-state index in [0.717, 1.165) is 6.42 Å². The van der Waals surface area contributed by atoms with Gasteiger partial charge in [0.1, 0.15) is 0 Å². The van der Waals surface area contributed by atoms with Gasteiger partial charge in [0.05, 0.1) is 0 Å². The largest absolute Gasteiger partial charge is 4.00 e. The first-order valence-electron chi connectivity index (χ1n) is 8.05. The van der Waals surface area contributed by atoms with Gasteiger partial charge >= 0.3 is 34.1 Å². The Bertz CT molecular complexity index is 552. The molecule has 0 radical (unpaired) electrons. The van der Waals surface area contributed by atoms with Crippen LogP contribution in [0.25, 0.3) is 0 Å². The molecular formula is C28H42Fe2. The minimum atomic E-state index is 0. The van der Waals surface area contributed by atoms with E-state index in [1.54, 1.807) is 0 Å². The van der Waals surface area contributed by atoms with Gasteiger partial charge in [-0.05, 0) is 0 Å². The van der Waals surface area contributed by atoms with Gasteiger partial charge in [0.2, 0.25) is 0 Å². The first-order valence-corrected chi connectivity index (χ1v) is 8.05. The van der Waals surface area contributed by atoms with Crippen LogP contribution in [0, 0.1) is 36.6 Å². The molecular weight excluding hydrogens is 448 g/mol. The van der Waals surface area contributed by atoms with Crippen molar-refractivity contribution in [1.82, 2.24) is 0 Å². The summed E-state index contributed by atoms with van der Waals surface area (Å²) in [5.74, 6) is 0. The number of hydrogen-bond acceptors (Lipinski definition) is 0. The Morgan fingerprint density at radius 3 is 1.13 bits per heavy atom. The van der Waals surface area contributed by atoms with Crippen molar-refractivity contribution in [1.29, 1.82) is 0 Å². The zero-order chi connectivity index (χ0) is 16.6. The van der Waals surface area contributed by atoms with Crippen LogP contribution in [0.5, 0.6) is 0 Å². The second-order valence-electron chi connectivity index (χ2n) is 5.03. The summed E-state index contributed by atoms with van der Waals surface area (Å²) in [6.45, 7) is 4.25. The average Bonchev–Trinajstić information content (AvgIpc) is 3.40. The predicted molar refractivity (Wildman–Crippen MR) is 135 cm³/mol. The Morgan fingerprint density at radius 2 is 1.00 bits per heavy atom. The van der Waals surface area contributed by atoms with Gasteiger partial charge in [-0.3, -0.25) is 0 Å². The van der Waals surface area contributed by atoms with Crippen LogP contribution in [-0.4, -0.2) is 0 Å². The van der Waals surface area contributed by atoms with Gasteiger partial charge in [-0.15, -0.1) is 0 Å². The third kappa shape index (κ3) is 28.6. The molecule has 30 heavy (non-hydrogen) atoms. The Balaban J connectivity index is -0.0000000439. The molecule has 0 nitrogen and oxygen atoms in total. The van der Waals surface area contributed by atoms with E-state index >= 15 is 0 Å². The summed E-state index contributed by atoms with van der Waals surface area (Å²) < 4.78 is 0. The smallest absolute Gasteiger partial charge is 0.358 e. The average molecular weight is 490 g/mol. The van der Waals surface area contributed by atoms with Crippen molar-refractivity contribution in [3.05, 3.63) is 150 Å². The molecule has 0 N–H and O–H groups in total. The summed E-state index contributed by atoms with van der Waals surface area (Å²) in [7, 11) is 0. The van der Waals surface area contributed by atoms with Gasteiger partial charge in [-0.1, -0.05) is 27.7 Å². The van der Waals surface area contributed by atoms with Crippen LogP contribution in [-0.2, 0) is 40.6 Å². The molecule has 0 saturated carbocycles. The van der Waals surface area contributed by atoms with Gasteiger partial charge in [-0.2, -0.15) is 71.8 Å². The molecule has 0 unspecified atom stereocenters. The van der Waals surface area contributed by atoms with E-state index in [9.17, 15) is 0 Å². The second-order valence-corrected chi connectivity index (χ2v) is 5.03. The number of rotatable bonds is 1. The Kier molecular flexibility index (Phi) is 54.2. The molecule has 4 aromatic carbocycles. The third-order valence-electron chi connectivity index (χ3n) is 3.08. The monoisotopic (exact) mass is 490 g/mol. The summed E-state index contributed by atoms with van der Waals surface area (Å²) in [5, 5.41) is 0. The molecule has 0 aliphatic rings. The van der Waals surface area contributed by atoms with E-state index in [2.05, 4.69) is 50.2 Å². The first-order chi connectivity index (χ1) is 11.3. The molecule has 0 bridgehead atoms. The quantitative estimate of drug-likeness (QED) is 0.185. The van der Waals surface area contributed by atoms with Gasteiger partial charge in [0, 0.05) is 0 Å². The maximum Gasteiger partial charge on any atom is 4.00 e. The van der Waals surface area contributed by atoms with Gasteiger partial charge in [0.25, 0.3) is 0 Å². The predicted octanol–water partition coefficient (Wildman–Crippen LogP) is 8.93. The molecule has 0 amide bonds. The van der Waals surface area contributed by atoms with E-state index < -0.39 is 0 Å². The van der Waals surface area contributed by atoms with Crippen molar-refractivity contribution >= 4 is 0 Å². The fourth-order valence-electron chi connectivity index (χ4n) is 1.76. The van der Waals surface area contributed by atoms with Crippen LogP contribution in [0.15, 0.2) is 109 Å². The van der Waals surface area contributed by atoms with Crippen LogP contribution >= 0.6 is 0 Å². The molecule has 0 aliphatic heterocycles. The summed E-state index contributed by atoms with van der Waals surface area (Å²) in [6, 6.07) is 36.7. The van der Waals surface area contributed by atoms with Crippen LogP contribution in [0.2, 0.25) is 0 Å². The van der Waals surface area contributed by atoms with Crippen molar-refractivity contribution in [2.24, 2.45) is 0 Å². The molecule has 0 atom stereocenters. The van der Waals surface area contributed by atoms with E-state index in [1.165, 1.54) is 11.1 Å². The Labute approximate surface area is 211 Å². The van der Waals surface area contributed by atoms with Crippen molar-refractivity contribution in [3.8, 4) is 0 Å². The van der Waals surface area contributed by atoms with Gasteiger partial charge in [-0.25, -0.2) is 48.5 Å².